The Bertz CT molecular complexity index is 811. The first kappa shape index (κ1) is 17.5. The van der Waals surface area contributed by atoms with Gasteiger partial charge in [0.25, 0.3) is 0 Å². The molecular weight excluding hydrogens is 356 g/mol. The lowest BCUT2D eigenvalue weighted by molar-refractivity contribution is -0.118. The van der Waals surface area contributed by atoms with Crippen LogP contribution in [0.25, 0.3) is 10.2 Å². The zero-order valence-electron chi connectivity index (χ0n) is 13.8. The Morgan fingerprint density at radius 3 is 2.92 bits per heavy atom. The minimum atomic E-state index is 0.165. The number of nitrogens with zero attached hydrogens (tertiary/aromatic N) is 2. The molecule has 0 N–H and O–H groups in total. The zero-order chi connectivity index (χ0) is 16.9. The molecule has 0 fully saturated rings. The topological polar surface area (TPSA) is 33.2 Å². The molecule has 126 valence electrons. The van der Waals surface area contributed by atoms with Gasteiger partial charge in [-0.05, 0) is 48.7 Å². The van der Waals surface area contributed by atoms with E-state index in [1.54, 1.807) is 34.4 Å². The van der Waals surface area contributed by atoms with Crippen LogP contribution in [0.4, 0.5) is 5.13 Å². The molecule has 0 saturated carbocycles. The summed E-state index contributed by atoms with van der Waals surface area (Å²) in [6.07, 6.45) is 4.37. The van der Waals surface area contributed by atoms with Crippen molar-refractivity contribution in [3.8, 4) is 0 Å². The molecule has 1 aromatic carbocycles. The van der Waals surface area contributed by atoms with Gasteiger partial charge in [-0.3, -0.25) is 9.69 Å². The summed E-state index contributed by atoms with van der Waals surface area (Å²) >= 11 is 5.07. The smallest absolute Gasteiger partial charge is 0.228 e. The molecule has 0 saturated heterocycles. The third kappa shape index (κ3) is 3.99. The van der Waals surface area contributed by atoms with Crippen molar-refractivity contribution in [1.29, 1.82) is 0 Å². The monoisotopic (exact) mass is 376 g/mol. The van der Waals surface area contributed by atoms with Gasteiger partial charge in [0.15, 0.2) is 5.13 Å². The molecule has 3 aromatic rings. The lowest BCUT2D eigenvalue weighted by Crippen LogP contribution is -2.32. The van der Waals surface area contributed by atoms with Crippen LogP contribution in [0, 0.1) is 0 Å². The van der Waals surface area contributed by atoms with E-state index in [0.717, 1.165) is 28.2 Å². The predicted octanol–water partition coefficient (Wildman–Crippen LogP) is 5.46. The lowest BCUT2D eigenvalue weighted by Gasteiger charge is -2.19. The largest absolute Gasteiger partial charge is 0.288 e. The van der Waals surface area contributed by atoms with E-state index in [4.69, 9.17) is 4.98 Å². The highest BCUT2D eigenvalue weighted by atomic mass is 32.2. The van der Waals surface area contributed by atoms with Gasteiger partial charge in [-0.25, -0.2) is 4.98 Å². The number of thiazole rings is 1. The van der Waals surface area contributed by atoms with Gasteiger partial charge in [0.2, 0.25) is 5.91 Å². The van der Waals surface area contributed by atoms with Crippen molar-refractivity contribution < 1.29 is 4.79 Å². The normalized spacial score (nSPS) is 11.1. The van der Waals surface area contributed by atoms with Gasteiger partial charge in [0.05, 0.1) is 10.2 Å². The minimum absolute atomic E-state index is 0.165. The summed E-state index contributed by atoms with van der Waals surface area (Å²) in [7, 11) is 0. The van der Waals surface area contributed by atoms with Crippen LogP contribution in [0.2, 0.25) is 0 Å². The predicted molar refractivity (Wildman–Crippen MR) is 107 cm³/mol. The molecule has 2 aromatic heterocycles. The summed E-state index contributed by atoms with van der Waals surface area (Å²) in [6, 6.07) is 10.5. The first-order valence-electron chi connectivity index (χ1n) is 7.98. The molecule has 0 atom stereocenters. The number of benzene rings is 1. The lowest BCUT2D eigenvalue weighted by atomic mass is 10.2. The van der Waals surface area contributed by atoms with Gasteiger partial charge in [-0.15, -0.1) is 23.1 Å². The van der Waals surface area contributed by atoms with Gasteiger partial charge in [-0.1, -0.05) is 24.3 Å². The summed E-state index contributed by atoms with van der Waals surface area (Å²) in [5.41, 5.74) is 0.971. The van der Waals surface area contributed by atoms with E-state index in [1.165, 1.54) is 9.77 Å². The molecule has 0 aliphatic rings. The Hall–Kier alpha value is -1.37. The van der Waals surface area contributed by atoms with E-state index in [0.29, 0.717) is 13.0 Å². The van der Waals surface area contributed by atoms with Crippen LogP contribution in [0.5, 0.6) is 0 Å². The number of fused-ring (bicyclic) bond motifs is 1. The molecular formula is C18H20N2OS3. The molecule has 24 heavy (non-hydrogen) atoms. The van der Waals surface area contributed by atoms with Crippen LogP contribution in [0.15, 0.2) is 40.6 Å². The van der Waals surface area contributed by atoms with Gasteiger partial charge in [-0.2, -0.15) is 0 Å². The molecule has 1 amide bonds. The maximum absolute atomic E-state index is 12.6. The van der Waals surface area contributed by atoms with Crippen LogP contribution in [0.1, 0.15) is 24.6 Å². The number of thioether (sulfide) groups is 1. The fourth-order valence-corrected chi connectivity index (χ4v) is 4.75. The van der Waals surface area contributed by atoms with Gasteiger partial charge in [0.1, 0.15) is 0 Å². The van der Waals surface area contributed by atoms with E-state index in [2.05, 4.69) is 35.9 Å². The number of hydrogen-bond donors (Lipinski definition) is 0. The molecule has 0 unspecified atom stereocenters. The van der Waals surface area contributed by atoms with E-state index in [1.807, 2.05) is 17.9 Å². The van der Waals surface area contributed by atoms with E-state index in [9.17, 15) is 4.79 Å². The maximum atomic E-state index is 12.6. The van der Waals surface area contributed by atoms with Crippen molar-refractivity contribution in [2.24, 2.45) is 0 Å². The van der Waals surface area contributed by atoms with Crippen LogP contribution in [0.3, 0.4) is 0 Å². The van der Waals surface area contributed by atoms with Crippen molar-refractivity contribution in [2.45, 2.75) is 31.1 Å². The van der Waals surface area contributed by atoms with E-state index in [-0.39, 0.29) is 5.91 Å². The molecule has 0 aliphatic carbocycles. The number of anilines is 1. The molecule has 3 nitrogen and oxygen atoms in total. The average molecular weight is 377 g/mol. The van der Waals surface area contributed by atoms with Crippen molar-refractivity contribution in [3.63, 3.8) is 0 Å². The Labute approximate surface area is 154 Å². The second-order valence-electron chi connectivity index (χ2n) is 5.45. The van der Waals surface area contributed by atoms with Crippen LogP contribution in [-0.4, -0.2) is 23.7 Å². The average Bonchev–Trinajstić information content (AvgIpc) is 3.23. The highest BCUT2D eigenvalue weighted by Gasteiger charge is 2.19. The Morgan fingerprint density at radius 2 is 2.21 bits per heavy atom. The summed E-state index contributed by atoms with van der Waals surface area (Å²) in [6.45, 7) is 2.73. The number of thiophene rings is 1. The number of carbonyl (C=O) groups is 1. The third-order valence-corrected chi connectivity index (χ3v) is 6.44. The first-order chi connectivity index (χ1) is 11.7. The second kappa shape index (κ2) is 8.14. The fourth-order valence-electron chi connectivity index (χ4n) is 2.49. The van der Waals surface area contributed by atoms with E-state index >= 15 is 0 Å². The Balaban J connectivity index is 1.87. The van der Waals surface area contributed by atoms with Crippen molar-refractivity contribution in [3.05, 3.63) is 40.6 Å². The third-order valence-electron chi connectivity index (χ3n) is 3.74. The summed E-state index contributed by atoms with van der Waals surface area (Å²) in [5.74, 6) is 0.165. The molecule has 0 radical (unpaired) electrons. The molecule has 0 aliphatic heterocycles. The summed E-state index contributed by atoms with van der Waals surface area (Å²) in [5, 5.41) is 2.90. The summed E-state index contributed by atoms with van der Waals surface area (Å²) < 4.78 is 1.14. The van der Waals surface area contributed by atoms with Crippen LogP contribution in [-0.2, 0) is 11.2 Å². The molecule has 0 spiro atoms. The minimum Gasteiger partial charge on any atom is -0.288 e. The molecule has 0 bridgehead atoms. The van der Waals surface area contributed by atoms with E-state index < -0.39 is 0 Å². The summed E-state index contributed by atoms with van der Waals surface area (Å²) in [4.78, 5) is 21.7. The number of amides is 1. The van der Waals surface area contributed by atoms with Crippen LogP contribution >= 0.6 is 34.4 Å². The SMILES string of the molecule is CCCC(=O)N(CCc1cccs1)c1nc2ccc(SC)cc2s1. The molecule has 2 heterocycles. The number of rotatable bonds is 7. The van der Waals surface area contributed by atoms with Gasteiger partial charge in [0, 0.05) is 22.7 Å². The number of hydrogen-bond acceptors (Lipinski definition) is 5. The standard InChI is InChI=1S/C18H20N2OS3/c1-3-5-17(21)20(10-9-13-6-4-11-23-13)18-19-15-8-7-14(22-2)12-16(15)24-18/h4,6-8,11-12H,3,5,9-10H2,1-2H3. The number of aromatic nitrogens is 1. The first-order valence-corrected chi connectivity index (χ1v) is 10.9. The Morgan fingerprint density at radius 1 is 1.33 bits per heavy atom. The molecule has 3 rings (SSSR count). The highest BCUT2D eigenvalue weighted by Crippen LogP contribution is 2.32. The van der Waals surface area contributed by atoms with Gasteiger partial charge < -0.3 is 0 Å². The van der Waals surface area contributed by atoms with Crippen molar-refractivity contribution >= 4 is 55.7 Å². The van der Waals surface area contributed by atoms with Crippen LogP contribution < -0.4 is 4.90 Å². The molecule has 6 heteroatoms. The quantitative estimate of drug-likeness (QED) is 0.514. The van der Waals surface area contributed by atoms with Crippen molar-refractivity contribution in [1.82, 2.24) is 4.98 Å². The Kier molecular flexibility index (Phi) is 5.92. The highest BCUT2D eigenvalue weighted by molar-refractivity contribution is 7.98. The fraction of sp³-hybridized carbons (Fsp3) is 0.333. The number of carbonyl (C=O) groups excluding carboxylic acids is 1. The van der Waals surface area contributed by atoms with Gasteiger partial charge >= 0.3 is 0 Å². The second-order valence-corrected chi connectivity index (χ2v) is 8.38. The maximum Gasteiger partial charge on any atom is 0.228 e. The van der Waals surface area contributed by atoms with Crippen molar-refractivity contribution in [2.75, 3.05) is 17.7 Å². The zero-order valence-corrected chi connectivity index (χ0v) is 16.3.